The summed E-state index contributed by atoms with van der Waals surface area (Å²) in [6.45, 7) is 2.04. The first kappa shape index (κ1) is 13.0. The van der Waals surface area contributed by atoms with E-state index in [-0.39, 0.29) is 8.96 Å². The van der Waals surface area contributed by atoms with Crippen LogP contribution in [0.2, 0.25) is 0 Å². The van der Waals surface area contributed by atoms with Crippen LogP contribution in [0, 0.1) is 6.92 Å². The average molecular weight is 277 g/mol. The van der Waals surface area contributed by atoms with Crippen molar-refractivity contribution in [1.82, 2.24) is 0 Å². The van der Waals surface area contributed by atoms with E-state index < -0.39 is 0 Å². The maximum Gasteiger partial charge on any atom is 0.249 e. The predicted octanol–water partition coefficient (Wildman–Crippen LogP) is 5.01. The summed E-state index contributed by atoms with van der Waals surface area (Å²) in [5.41, 5.74) is 1.21. The zero-order chi connectivity index (χ0) is 12.6. The van der Waals surface area contributed by atoms with Gasteiger partial charge >= 0.3 is 0 Å². The van der Waals surface area contributed by atoms with E-state index in [0.717, 1.165) is 11.5 Å². The summed E-state index contributed by atoms with van der Waals surface area (Å²) in [5, 5.41) is 0. The normalized spacial score (nSPS) is 11.2. The van der Waals surface area contributed by atoms with Gasteiger partial charge in [0.1, 0.15) is 11.5 Å². The molecule has 0 saturated carbocycles. The minimum atomic E-state index is 0.0467. The average Bonchev–Trinajstić information content (AvgIpc) is 2.42. The third-order valence-electron chi connectivity index (χ3n) is 2.16. The summed E-state index contributed by atoms with van der Waals surface area (Å²) in [4.78, 5) is 0. The van der Waals surface area contributed by atoms with Crippen molar-refractivity contribution in [2.75, 3.05) is 0 Å². The van der Waals surface area contributed by atoms with E-state index in [1.54, 1.807) is 0 Å². The summed E-state index contributed by atoms with van der Waals surface area (Å²) >= 11 is 0. The van der Waals surface area contributed by atoms with Crippen LogP contribution in [0.3, 0.4) is 0 Å². The number of para-hydroxylation sites is 1. The molecule has 1 unspecified atom stereocenters. The fourth-order valence-corrected chi connectivity index (χ4v) is 2.16. The molecule has 0 N–H and O–H groups in total. The van der Waals surface area contributed by atoms with Crippen molar-refractivity contribution in [2.45, 2.75) is 6.92 Å². The number of hydrogen-bond acceptors (Lipinski definition) is 3. The largest absolute Gasteiger partial charge is 0.454 e. The van der Waals surface area contributed by atoms with Crippen molar-refractivity contribution in [3.8, 4) is 11.5 Å². The first-order chi connectivity index (χ1) is 8.84. The number of nitrogens with zero attached hydrogens (tertiary/aromatic N) is 1. The fourth-order valence-electron chi connectivity index (χ4n) is 1.25. The Labute approximate surface area is 110 Å². The van der Waals surface area contributed by atoms with E-state index in [2.05, 4.69) is 4.52 Å². The van der Waals surface area contributed by atoms with Gasteiger partial charge in [-0.15, -0.1) is 0 Å². The summed E-state index contributed by atoms with van der Waals surface area (Å²) < 4.78 is 15.0. The molecule has 0 aromatic heterocycles. The second-order valence-corrected chi connectivity index (χ2v) is 5.12. The molecule has 0 heterocycles. The summed E-state index contributed by atoms with van der Waals surface area (Å²) in [7, 11) is 0.604. The Morgan fingerprint density at radius 1 is 0.944 bits per heavy atom. The highest BCUT2D eigenvalue weighted by Crippen LogP contribution is 2.26. The lowest BCUT2D eigenvalue weighted by Crippen LogP contribution is -1.76. The molecule has 0 aliphatic heterocycles. The minimum Gasteiger partial charge on any atom is -0.454 e. The number of benzene rings is 2. The van der Waals surface area contributed by atoms with E-state index in [9.17, 15) is 0 Å². The molecule has 2 aromatic rings. The smallest absolute Gasteiger partial charge is 0.249 e. The Bertz CT molecular complexity index is 500. The molecule has 0 fully saturated rings. The molecule has 0 bridgehead atoms. The highest BCUT2D eigenvalue weighted by Gasteiger charge is 1.91. The molecule has 3 nitrogen and oxygen atoms in total. The highest BCUT2D eigenvalue weighted by atomic mass is 31.1. The fraction of sp³-hybridized carbons (Fsp3) is 0.0769. The molecule has 0 amide bonds. The van der Waals surface area contributed by atoms with Gasteiger partial charge in [-0.3, -0.25) is 0 Å². The van der Waals surface area contributed by atoms with Crippen LogP contribution in [0.15, 0.2) is 59.1 Å². The topological polar surface area (TPSA) is 30.8 Å². The molecule has 0 aliphatic rings. The van der Waals surface area contributed by atoms with Gasteiger partial charge in [0.15, 0.2) is 0 Å². The van der Waals surface area contributed by atoms with E-state index in [4.69, 9.17) is 9.05 Å². The van der Waals surface area contributed by atoms with Gasteiger partial charge in [-0.2, -0.15) is 4.52 Å². The lowest BCUT2D eigenvalue weighted by atomic mass is 10.2. The summed E-state index contributed by atoms with van der Waals surface area (Å²) in [5.74, 6) is 1.64. The van der Waals surface area contributed by atoms with E-state index in [1.165, 1.54) is 5.56 Å². The molecule has 18 heavy (non-hydrogen) atoms. The number of rotatable bonds is 5. The zero-order valence-electron chi connectivity index (χ0n) is 9.91. The molecule has 0 aliphatic carbocycles. The Morgan fingerprint density at radius 3 is 2.39 bits per heavy atom. The predicted molar refractivity (Wildman–Crippen MR) is 76.5 cm³/mol. The van der Waals surface area contributed by atoms with Crippen molar-refractivity contribution in [2.24, 2.45) is 4.52 Å². The van der Waals surface area contributed by atoms with Gasteiger partial charge in [0.2, 0.25) is 17.6 Å². The molecule has 0 radical (unpaired) electrons. The van der Waals surface area contributed by atoms with Gasteiger partial charge in [0, 0.05) is 0 Å². The Balaban J connectivity index is 1.74. The van der Waals surface area contributed by atoms with Crippen molar-refractivity contribution < 1.29 is 9.05 Å². The third-order valence-corrected chi connectivity index (χ3v) is 3.43. The standard InChI is InChI=1S/C13H13NO2P2/c1-11-7-9-13(10-8-11)16-18-14-17-15-12-5-3-2-4-6-12/h2-10,17H,1H3. The van der Waals surface area contributed by atoms with E-state index >= 15 is 0 Å². The second-order valence-electron chi connectivity index (χ2n) is 3.59. The molecule has 5 heteroatoms. The number of aryl methyl sites for hydroxylation is 1. The van der Waals surface area contributed by atoms with E-state index in [0.29, 0.717) is 8.60 Å². The lowest BCUT2D eigenvalue weighted by molar-refractivity contribution is 0.626. The number of hydrogen-bond donors (Lipinski definition) is 0. The summed E-state index contributed by atoms with van der Waals surface area (Å²) in [6.07, 6.45) is 0. The van der Waals surface area contributed by atoms with Gasteiger partial charge in [-0.25, -0.2) is 0 Å². The monoisotopic (exact) mass is 277 g/mol. The van der Waals surface area contributed by atoms with Crippen LogP contribution in [0.1, 0.15) is 5.56 Å². The Kier molecular flexibility index (Phi) is 5.14. The first-order valence-electron chi connectivity index (χ1n) is 5.45. The quantitative estimate of drug-likeness (QED) is 0.719. The van der Waals surface area contributed by atoms with Crippen LogP contribution < -0.4 is 9.05 Å². The van der Waals surface area contributed by atoms with Crippen molar-refractivity contribution >= 4 is 17.6 Å². The molecule has 2 rings (SSSR count). The first-order valence-corrected chi connectivity index (χ1v) is 7.07. The van der Waals surface area contributed by atoms with Gasteiger partial charge in [0.25, 0.3) is 0 Å². The molecule has 0 saturated heterocycles. The van der Waals surface area contributed by atoms with Crippen LogP contribution in [0.4, 0.5) is 0 Å². The van der Waals surface area contributed by atoms with Crippen molar-refractivity contribution in [3.05, 3.63) is 60.2 Å². The van der Waals surface area contributed by atoms with Gasteiger partial charge in [0.05, 0.1) is 0 Å². The minimum absolute atomic E-state index is 0.0467. The molecule has 0 spiro atoms. The van der Waals surface area contributed by atoms with Crippen molar-refractivity contribution in [1.29, 1.82) is 0 Å². The molecular formula is C13H13NO2P2. The van der Waals surface area contributed by atoms with Gasteiger partial charge in [-0.1, -0.05) is 35.9 Å². The summed E-state index contributed by atoms with van der Waals surface area (Å²) in [6, 6.07) is 17.5. The molecule has 1 atom stereocenters. The third kappa shape index (κ3) is 4.44. The van der Waals surface area contributed by atoms with Crippen LogP contribution in [-0.4, -0.2) is 0 Å². The maximum absolute atomic E-state index is 5.44. The van der Waals surface area contributed by atoms with Gasteiger partial charge in [-0.05, 0) is 31.2 Å². The van der Waals surface area contributed by atoms with Crippen LogP contribution in [0.25, 0.3) is 0 Å². The van der Waals surface area contributed by atoms with E-state index in [1.807, 2.05) is 61.5 Å². The maximum atomic E-state index is 5.44. The van der Waals surface area contributed by atoms with Crippen LogP contribution >= 0.6 is 17.6 Å². The Hall–Kier alpha value is -1.43. The lowest BCUT2D eigenvalue weighted by Gasteiger charge is -2.00. The SMILES string of the molecule is Cc1ccc(OP=NPOc2ccccc2)cc1. The van der Waals surface area contributed by atoms with Gasteiger partial charge < -0.3 is 9.05 Å². The zero-order valence-corrected chi connectivity index (χ0v) is 11.8. The van der Waals surface area contributed by atoms with Crippen molar-refractivity contribution in [3.63, 3.8) is 0 Å². The molecular weight excluding hydrogens is 264 g/mol. The van der Waals surface area contributed by atoms with Crippen LogP contribution in [-0.2, 0) is 0 Å². The Morgan fingerprint density at radius 2 is 1.67 bits per heavy atom. The molecule has 2 aromatic carbocycles. The molecule has 92 valence electrons. The highest BCUT2D eigenvalue weighted by molar-refractivity contribution is 7.39. The second kappa shape index (κ2) is 7.10. The van der Waals surface area contributed by atoms with Crippen LogP contribution in [0.5, 0.6) is 11.5 Å².